The Morgan fingerprint density at radius 2 is 1.86 bits per heavy atom. The van der Waals surface area contributed by atoms with Crippen LogP contribution in [0.3, 0.4) is 0 Å². The van der Waals surface area contributed by atoms with Crippen molar-refractivity contribution < 1.29 is 23.0 Å². The average molecular weight is 408 g/mol. The fourth-order valence-corrected chi connectivity index (χ4v) is 2.87. The van der Waals surface area contributed by atoms with Crippen LogP contribution in [0.1, 0.15) is 11.3 Å². The van der Waals surface area contributed by atoms with Crippen LogP contribution in [0.15, 0.2) is 53.6 Å². The second kappa shape index (κ2) is 8.00. The van der Waals surface area contributed by atoms with Crippen LogP contribution in [0.25, 0.3) is 5.69 Å². The normalized spacial score (nSPS) is 11.8. The molecule has 0 aliphatic heterocycles. The summed E-state index contributed by atoms with van der Waals surface area (Å²) in [7, 11) is 3.84. The molecule has 0 aliphatic rings. The number of aromatic hydroxyl groups is 1. The SMILES string of the molecule is CN(C)Cc1cc(Cn2cc(O)n(-c3ccc(OC(F)(F)F)cc3)c2=O)ccn1. The molecule has 0 fully saturated rings. The van der Waals surface area contributed by atoms with Gasteiger partial charge in [0.25, 0.3) is 0 Å². The highest BCUT2D eigenvalue weighted by Crippen LogP contribution is 2.24. The predicted octanol–water partition coefficient (Wildman–Crippen LogP) is 2.75. The van der Waals surface area contributed by atoms with Crippen molar-refractivity contribution in [3.63, 3.8) is 0 Å². The maximum absolute atomic E-state index is 12.7. The summed E-state index contributed by atoms with van der Waals surface area (Å²) in [6.07, 6.45) is -1.89. The first-order chi connectivity index (χ1) is 13.6. The number of benzene rings is 1. The fourth-order valence-electron chi connectivity index (χ4n) is 2.87. The van der Waals surface area contributed by atoms with Gasteiger partial charge in [0.15, 0.2) is 0 Å². The second-order valence-electron chi connectivity index (χ2n) is 6.67. The van der Waals surface area contributed by atoms with Crippen LogP contribution >= 0.6 is 0 Å². The quantitative estimate of drug-likeness (QED) is 0.679. The highest BCUT2D eigenvalue weighted by molar-refractivity contribution is 5.40. The zero-order valence-electron chi connectivity index (χ0n) is 15.7. The molecule has 10 heteroatoms. The van der Waals surface area contributed by atoms with Crippen LogP contribution in [-0.2, 0) is 13.1 Å². The van der Waals surface area contributed by atoms with Crippen LogP contribution in [0.2, 0.25) is 0 Å². The number of ether oxygens (including phenoxy) is 1. The van der Waals surface area contributed by atoms with Crippen molar-refractivity contribution in [1.82, 2.24) is 19.0 Å². The lowest BCUT2D eigenvalue weighted by molar-refractivity contribution is -0.274. The number of hydrogen-bond donors (Lipinski definition) is 1. The smallest absolute Gasteiger partial charge is 0.493 e. The van der Waals surface area contributed by atoms with E-state index in [1.54, 1.807) is 12.3 Å². The molecule has 2 heterocycles. The lowest BCUT2D eigenvalue weighted by Gasteiger charge is -2.10. The van der Waals surface area contributed by atoms with E-state index in [0.29, 0.717) is 6.54 Å². The van der Waals surface area contributed by atoms with Crippen LogP contribution in [0, 0.1) is 0 Å². The van der Waals surface area contributed by atoms with Gasteiger partial charge in [0.05, 0.1) is 24.1 Å². The van der Waals surface area contributed by atoms with E-state index in [9.17, 15) is 23.1 Å². The molecule has 29 heavy (non-hydrogen) atoms. The van der Waals surface area contributed by atoms with E-state index in [2.05, 4.69) is 9.72 Å². The zero-order valence-corrected chi connectivity index (χ0v) is 15.7. The largest absolute Gasteiger partial charge is 0.573 e. The number of halogens is 3. The standard InChI is InChI=1S/C19H19F3N4O3/c1-24(2)11-14-9-13(7-8-23-14)10-25-12-17(27)26(18(25)28)15-3-5-16(6-4-15)29-19(20,21)22/h3-9,12,27H,10-11H2,1-2H3. The summed E-state index contributed by atoms with van der Waals surface area (Å²) in [5.41, 5.74) is 1.34. The van der Waals surface area contributed by atoms with Crippen LogP contribution < -0.4 is 10.4 Å². The molecule has 0 saturated carbocycles. The molecule has 1 N–H and O–H groups in total. The summed E-state index contributed by atoms with van der Waals surface area (Å²) in [5, 5.41) is 10.2. The van der Waals surface area contributed by atoms with Gasteiger partial charge in [-0.3, -0.25) is 9.55 Å². The highest BCUT2D eigenvalue weighted by Gasteiger charge is 2.31. The minimum atomic E-state index is -4.81. The number of hydrogen-bond acceptors (Lipinski definition) is 5. The van der Waals surface area contributed by atoms with Gasteiger partial charge in [0, 0.05) is 12.7 Å². The van der Waals surface area contributed by atoms with Crippen molar-refractivity contribution in [1.29, 1.82) is 0 Å². The minimum absolute atomic E-state index is 0.206. The van der Waals surface area contributed by atoms with Gasteiger partial charge < -0.3 is 14.7 Å². The molecule has 3 rings (SSSR count). The van der Waals surface area contributed by atoms with Crippen LogP contribution in [-0.4, -0.2) is 44.6 Å². The van der Waals surface area contributed by atoms with Gasteiger partial charge in [-0.2, -0.15) is 0 Å². The third-order valence-electron chi connectivity index (χ3n) is 3.98. The molecule has 154 valence electrons. The summed E-state index contributed by atoms with van der Waals surface area (Å²) >= 11 is 0. The molecule has 0 radical (unpaired) electrons. The van der Waals surface area contributed by atoms with E-state index in [1.165, 1.54) is 22.9 Å². The van der Waals surface area contributed by atoms with E-state index in [-0.39, 0.29) is 18.1 Å². The van der Waals surface area contributed by atoms with Gasteiger partial charge in [-0.25, -0.2) is 9.36 Å². The maximum Gasteiger partial charge on any atom is 0.573 e. The molecule has 2 aromatic heterocycles. The molecule has 1 aromatic carbocycles. The lowest BCUT2D eigenvalue weighted by Crippen LogP contribution is -2.23. The van der Waals surface area contributed by atoms with Crippen LogP contribution in [0.4, 0.5) is 13.2 Å². The van der Waals surface area contributed by atoms with Crippen molar-refractivity contribution in [3.8, 4) is 17.3 Å². The molecule has 0 aliphatic carbocycles. The molecular formula is C19H19F3N4O3. The number of aromatic nitrogens is 3. The first kappa shape index (κ1) is 20.5. The molecule has 3 aromatic rings. The Kier molecular flexibility index (Phi) is 5.64. The Morgan fingerprint density at radius 1 is 1.17 bits per heavy atom. The lowest BCUT2D eigenvalue weighted by atomic mass is 10.2. The minimum Gasteiger partial charge on any atom is -0.493 e. The van der Waals surface area contributed by atoms with Gasteiger partial charge in [0.1, 0.15) is 5.75 Å². The number of rotatable bonds is 6. The van der Waals surface area contributed by atoms with E-state index in [1.807, 2.05) is 25.1 Å². The Bertz CT molecular complexity index is 1040. The molecule has 0 atom stereocenters. The van der Waals surface area contributed by atoms with Gasteiger partial charge in [0.2, 0.25) is 5.88 Å². The molecule has 7 nitrogen and oxygen atoms in total. The van der Waals surface area contributed by atoms with Crippen molar-refractivity contribution in [3.05, 3.63) is 70.5 Å². The van der Waals surface area contributed by atoms with Gasteiger partial charge in [-0.05, 0) is 56.1 Å². The number of pyridine rings is 1. The summed E-state index contributed by atoms with van der Waals surface area (Å²) in [4.78, 5) is 18.9. The Balaban J connectivity index is 1.85. The van der Waals surface area contributed by atoms with E-state index in [0.717, 1.165) is 28.0 Å². The summed E-state index contributed by atoms with van der Waals surface area (Å²) in [6.45, 7) is 0.846. The van der Waals surface area contributed by atoms with Gasteiger partial charge >= 0.3 is 12.1 Å². The number of nitrogens with zero attached hydrogens (tertiary/aromatic N) is 4. The van der Waals surface area contributed by atoms with E-state index >= 15 is 0 Å². The summed E-state index contributed by atoms with van der Waals surface area (Å²) in [6, 6.07) is 8.29. The molecule has 0 unspecified atom stereocenters. The zero-order chi connectivity index (χ0) is 21.2. The third kappa shape index (κ3) is 5.17. The first-order valence-corrected chi connectivity index (χ1v) is 8.58. The average Bonchev–Trinajstić information content (AvgIpc) is 2.88. The number of imidazole rings is 1. The molecule has 0 amide bonds. The second-order valence-corrected chi connectivity index (χ2v) is 6.67. The Morgan fingerprint density at radius 3 is 2.48 bits per heavy atom. The summed E-state index contributed by atoms with van der Waals surface area (Å²) in [5.74, 6) is -0.750. The molecule has 0 spiro atoms. The van der Waals surface area contributed by atoms with Crippen molar-refractivity contribution in [2.75, 3.05) is 14.1 Å². The van der Waals surface area contributed by atoms with Crippen molar-refractivity contribution in [2.24, 2.45) is 0 Å². The molecule has 0 bridgehead atoms. The molecular weight excluding hydrogens is 389 g/mol. The first-order valence-electron chi connectivity index (χ1n) is 8.58. The monoisotopic (exact) mass is 408 g/mol. The summed E-state index contributed by atoms with van der Waals surface area (Å²) < 4.78 is 42.9. The Hall–Kier alpha value is -3.27. The predicted molar refractivity (Wildman–Crippen MR) is 99.1 cm³/mol. The van der Waals surface area contributed by atoms with Gasteiger partial charge in [-0.1, -0.05) is 0 Å². The topological polar surface area (TPSA) is 72.5 Å². The van der Waals surface area contributed by atoms with E-state index < -0.39 is 17.8 Å². The van der Waals surface area contributed by atoms with Crippen molar-refractivity contribution in [2.45, 2.75) is 19.5 Å². The van der Waals surface area contributed by atoms with E-state index in [4.69, 9.17) is 0 Å². The third-order valence-corrected chi connectivity index (χ3v) is 3.98. The van der Waals surface area contributed by atoms with Crippen LogP contribution in [0.5, 0.6) is 11.6 Å². The maximum atomic E-state index is 12.7. The fraction of sp³-hybridized carbons (Fsp3) is 0.263. The molecule has 0 saturated heterocycles. The Labute approximate surface area is 164 Å². The highest BCUT2D eigenvalue weighted by atomic mass is 19.4. The van der Waals surface area contributed by atoms with Crippen molar-refractivity contribution >= 4 is 0 Å². The number of alkyl halides is 3. The van der Waals surface area contributed by atoms with Gasteiger partial charge in [-0.15, -0.1) is 13.2 Å².